The molecule has 0 radical (unpaired) electrons. The average Bonchev–Trinajstić information content (AvgIpc) is 2.29. The number of nitrogens with one attached hydrogen (secondary N) is 1. The molecule has 0 aromatic heterocycles. The lowest BCUT2D eigenvalue weighted by Crippen LogP contribution is -2.19. The molecule has 0 aliphatic heterocycles. The van der Waals surface area contributed by atoms with Gasteiger partial charge in [0.15, 0.2) is 0 Å². The van der Waals surface area contributed by atoms with Gasteiger partial charge in [0.25, 0.3) is 0 Å². The highest BCUT2D eigenvalue weighted by Crippen LogP contribution is 2.21. The third-order valence-corrected chi connectivity index (χ3v) is 2.22. The van der Waals surface area contributed by atoms with E-state index < -0.39 is 0 Å². The quantitative estimate of drug-likeness (QED) is 0.777. The Morgan fingerprint density at radius 2 is 2.20 bits per heavy atom. The second-order valence-electron chi connectivity index (χ2n) is 3.28. The van der Waals surface area contributed by atoms with Crippen molar-refractivity contribution in [1.29, 1.82) is 0 Å². The molecule has 0 aliphatic rings. The maximum absolute atomic E-state index is 5.65. The number of methoxy groups -OCH3 is 1. The minimum Gasteiger partial charge on any atom is -0.497 e. The maximum atomic E-state index is 5.65. The van der Waals surface area contributed by atoms with Crippen molar-refractivity contribution in [1.82, 2.24) is 5.32 Å². The van der Waals surface area contributed by atoms with E-state index in [2.05, 4.69) is 11.4 Å². The number of benzene rings is 1. The fourth-order valence-corrected chi connectivity index (χ4v) is 1.50. The highest BCUT2D eigenvalue weighted by Gasteiger charge is 2.10. The topological polar surface area (TPSA) is 30.5 Å². The Bertz CT molecular complexity index is 283. The van der Waals surface area contributed by atoms with Gasteiger partial charge < -0.3 is 14.8 Å². The minimum atomic E-state index is 0.0927. The van der Waals surface area contributed by atoms with Crippen LogP contribution in [0.1, 0.15) is 18.6 Å². The summed E-state index contributed by atoms with van der Waals surface area (Å²) in [5.74, 6) is 0.869. The first-order valence-electron chi connectivity index (χ1n) is 5.22. The van der Waals surface area contributed by atoms with E-state index in [0.717, 1.165) is 17.9 Å². The molecule has 0 saturated heterocycles. The number of rotatable bonds is 6. The van der Waals surface area contributed by atoms with Crippen LogP contribution in [0.25, 0.3) is 0 Å². The van der Waals surface area contributed by atoms with E-state index in [1.165, 1.54) is 0 Å². The molecule has 84 valence electrons. The molecular weight excluding hydrogens is 190 g/mol. The van der Waals surface area contributed by atoms with Crippen LogP contribution in [0, 0.1) is 0 Å². The molecule has 3 nitrogen and oxygen atoms in total. The number of ether oxygens (including phenoxy) is 2. The number of likely N-dealkylation sites (N-methyl/N-ethyl adjacent to an activating group) is 1. The molecule has 1 rings (SSSR count). The Labute approximate surface area is 91.4 Å². The molecule has 1 aromatic carbocycles. The summed E-state index contributed by atoms with van der Waals surface area (Å²) in [6.07, 6.45) is 0.0927. The van der Waals surface area contributed by atoms with Gasteiger partial charge in [-0.05, 0) is 31.7 Å². The van der Waals surface area contributed by atoms with E-state index >= 15 is 0 Å². The summed E-state index contributed by atoms with van der Waals surface area (Å²) < 4.78 is 10.8. The van der Waals surface area contributed by atoms with Crippen molar-refractivity contribution in [3.8, 4) is 5.75 Å². The first kappa shape index (κ1) is 12.0. The molecule has 1 unspecified atom stereocenters. The van der Waals surface area contributed by atoms with Crippen molar-refractivity contribution in [2.45, 2.75) is 13.0 Å². The van der Waals surface area contributed by atoms with Gasteiger partial charge in [0.1, 0.15) is 5.75 Å². The van der Waals surface area contributed by atoms with Crippen LogP contribution in [0.2, 0.25) is 0 Å². The van der Waals surface area contributed by atoms with E-state index in [-0.39, 0.29) is 6.10 Å². The summed E-state index contributed by atoms with van der Waals surface area (Å²) in [5.41, 5.74) is 1.14. The van der Waals surface area contributed by atoms with Crippen molar-refractivity contribution >= 4 is 0 Å². The van der Waals surface area contributed by atoms with Crippen LogP contribution < -0.4 is 10.1 Å². The first-order chi connectivity index (χ1) is 7.31. The highest BCUT2D eigenvalue weighted by atomic mass is 16.5. The minimum absolute atomic E-state index is 0.0927. The van der Waals surface area contributed by atoms with Crippen LogP contribution >= 0.6 is 0 Å². The predicted molar refractivity (Wildman–Crippen MR) is 61.3 cm³/mol. The lowest BCUT2D eigenvalue weighted by atomic mass is 10.1. The zero-order valence-corrected chi connectivity index (χ0v) is 9.62. The van der Waals surface area contributed by atoms with Gasteiger partial charge in [-0.1, -0.05) is 12.1 Å². The summed E-state index contributed by atoms with van der Waals surface area (Å²) in [4.78, 5) is 0. The molecule has 1 atom stereocenters. The second-order valence-corrected chi connectivity index (χ2v) is 3.28. The molecule has 0 bridgehead atoms. The third kappa shape index (κ3) is 3.53. The van der Waals surface area contributed by atoms with Gasteiger partial charge >= 0.3 is 0 Å². The van der Waals surface area contributed by atoms with Gasteiger partial charge in [0.05, 0.1) is 13.2 Å². The average molecular weight is 209 g/mol. The summed E-state index contributed by atoms with van der Waals surface area (Å²) in [7, 11) is 3.60. The Hall–Kier alpha value is -1.06. The van der Waals surface area contributed by atoms with Gasteiger partial charge in [0, 0.05) is 13.2 Å². The smallest absolute Gasteiger partial charge is 0.119 e. The molecule has 1 N–H and O–H groups in total. The maximum Gasteiger partial charge on any atom is 0.119 e. The molecule has 0 saturated carbocycles. The zero-order chi connectivity index (χ0) is 11.1. The van der Waals surface area contributed by atoms with Crippen LogP contribution in [0.15, 0.2) is 24.3 Å². The fourth-order valence-electron chi connectivity index (χ4n) is 1.50. The molecule has 1 aromatic rings. The first-order valence-corrected chi connectivity index (χ1v) is 5.22. The standard InChI is InChI=1S/C12H19NO2/c1-4-15-12(9-13-2)10-6-5-7-11(8-10)14-3/h5-8,12-13H,4,9H2,1-3H3. The lowest BCUT2D eigenvalue weighted by molar-refractivity contribution is 0.0636. The summed E-state index contributed by atoms with van der Waals surface area (Å²) in [5, 5.41) is 3.12. The second kappa shape index (κ2) is 6.43. The molecule has 0 amide bonds. The van der Waals surface area contributed by atoms with Crippen molar-refractivity contribution < 1.29 is 9.47 Å². The van der Waals surface area contributed by atoms with Crippen LogP contribution in [-0.4, -0.2) is 27.3 Å². The molecule has 0 heterocycles. The largest absolute Gasteiger partial charge is 0.497 e. The predicted octanol–water partition coefficient (Wildman–Crippen LogP) is 1.99. The normalized spacial score (nSPS) is 12.5. The van der Waals surface area contributed by atoms with Crippen molar-refractivity contribution in [2.24, 2.45) is 0 Å². The van der Waals surface area contributed by atoms with E-state index in [1.54, 1.807) is 7.11 Å². The Balaban J connectivity index is 2.79. The van der Waals surface area contributed by atoms with E-state index in [4.69, 9.17) is 9.47 Å². The zero-order valence-electron chi connectivity index (χ0n) is 9.62. The van der Waals surface area contributed by atoms with Gasteiger partial charge in [-0.3, -0.25) is 0 Å². The van der Waals surface area contributed by atoms with Crippen molar-refractivity contribution in [3.63, 3.8) is 0 Å². The molecule has 0 fully saturated rings. The van der Waals surface area contributed by atoms with E-state index in [9.17, 15) is 0 Å². The number of hydrogen-bond donors (Lipinski definition) is 1. The molecule has 3 heteroatoms. The van der Waals surface area contributed by atoms with Crippen LogP contribution in [0.4, 0.5) is 0 Å². The fraction of sp³-hybridized carbons (Fsp3) is 0.500. The molecule has 0 aliphatic carbocycles. The third-order valence-electron chi connectivity index (χ3n) is 2.22. The van der Waals surface area contributed by atoms with Crippen LogP contribution in [0.3, 0.4) is 0 Å². The Morgan fingerprint density at radius 1 is 1.40 bits per heavy atom. The SMILES string of the molecule is CCOC(CNC)c1cccc(OC)c1. The molecular formula is C12H19NO2. The Morgan fingerprint density at radius 3 is 2.80 bits per heavy atom. The van der Waals surface area contributed by atoms with E-state index in [0.29, 0.717) is 6.61 Å². The monoisotopic (exact) mass is 209 g/mol. The summed E-state index contributed by atoms with van der Waals surface area (Å²) in [6, 6.07) is 7.99. The van der Waals surface area contributed by atoms with Gasteiger partial charge in [-0.15, -0.1) is 0 Å². The van der Waals surface area contributed by atoms with Crippen LogP contribution in [0.5, 0.6) is 5.75 Å². The van der Waals surface area contributed by atoms with Crippen LogP contribution in [-0.2, 0) is 4.74 Å². The summed E-state index contributed by atoms with van der Waals surface area (Å²) in [6.45, 7) is 3.52. The van der Waals surface area contributed by atoms with Gasteiger partial charge in [0.2, 0.25) is 0 Å². The van der Waals surface area contributed by atoms with Crippen molar-refractivity contribution in [2.75, 3.05) is 27.3 Å². The van der Waals surface area contributed by atoms with Gasteiger partial charge in [-0.25, -0.2) is 0 Å². The van der Waals surface area contributed by atoms with Crippen molar-refractivity contribution in [3.05, 3.63) is 29.8 Å². The summed E-state index contributed by atoms with van der Waals surface area (Å²) >= 11 is 0. The lowest BCUT2D eigenvalue weighted by Gasteiger charge is -2.17. The number of hydrogen-bond acceptors (Lipinski definition) is 3. The molecule has 15 heavy (non-hydrogen) atoms. The van der Waals surface area contributed by atoms with Gasteiger partial charge in [-0.2, -0.15) is 0 Å². The Kier molecular flexibility index (Phi) is 5.15. The van der Waals surface area contributed by atoms with E-state index in [1.807, 2.05) is 32.2 Å². The highest BCUT2D eigenvalue weighted by molar-refractivity contribution is 5.30. The molecule has 0 spiro atoms.